The van der Waals surface area contributed by atoms with Crippen molar-refractivity contribution in [2.75, 3.05) is 26.2 Å². The Morgan fingerprint density at radius 3 is 2.67 bits per heavy atom. The minimum atomic E-state index is -1.95. The summed E-state index contributed by atoms with van der Waals surface area (Å²) in [5, 5.41) is 15.9. The fourth-order valence-electron chi connectivity index (χ4n) is 6.25. The molecular weight excluding hydrogens is 638 g/mol. The molecule has 0 radical (unpaired) electrons. The van der Waals surface area contributed by atoms with E-state index >= 15 is 0 Å². The van der Waals surface area contributed by atoms with Gasteiger partial charge in [0.2, 0.25) is 17.3 Å². The molecule has 45 heavy (non-hydrogen) atoms. The number of carbonyl (C=O) groups is 3. The predicted octanol–water partition coefficient (Wildman–Crippen LogP) is 5.61. The van der Waals surface area contributed by atoms with E-state index in [-0.39, 0.29) is 64.5 Å². The standard InChI is InChI=1S/C32H32ClN3O7S2/c1-16-11-21(37)25(29(39)32(16)30(40)26-22(41-2)13-23(42-3)27(33)28(26)43-32)20(17-5-7-19(44-4)8-6-17)12-24(38)34-14-18-15-36-9-10-45-31(36)35-18/h5-8,13,15-16,20,39H,9-12,14H2,1-4H3,(H,34,38). The van der Waals surface area contributed by atoms with Crippen molar-refractivity contribution < 1.29 is 33.7 Å². The number of ether oxygens (including phenoxy) is 3. The first-order chi connectivity index (χ1) is 21.6. The number of benzene rings is 2. The summed E-state index contributed by atoms with van der Waals surface area (Å²) in [6.07, 6.45) is 3.61. The normalized spacial score (nSPS) is 21.0. The summed E-state index contributed by atoms with van der Waals surface area (Å²) < 4.78 is 19.2. The number of aliphatic hydroxyl groups excluding tert-OH is 1. The molecule has 6 rings (SSSR count). The van der Waals surface area contributed by atoms with Crippen LogP contribution in [0.15, 0.2) is 57.9 Å². The van der Waals surface area contributed by atoms with Crippen LogP contribution in [0.4, 0.5) is 0 Å². The van der Waals surface area contributed by atoms with Crippen LogP contribution in [0.3, 0.4) is 0 Å². The second-order valence-electron chi connectivity index (χ2n) is 11.1. The average molecular weight is 670 g/mol. The van der Waals surface area contributed by atoms with Gasteiger partial charge in [0.25, 0.3) is 0 Å². The lowest BCUT2D eigenvalue weighted by molar-refractivity contribution is -0.122. The van der Waals surface area contributed by atoms with E-state index in [0.29, 0.717) is 5.56 Å². The quantitative estimate of drug-likeness (QED) is 0.278. The Balaban J connectivity index is 1.40. The zero-order chi connectivity index (χ0) is 32.0. The summed E-state index contributed by atoms with van der Waals surface area (Å²) in [6.45, 7) is 2.76. The lowest BCUT2D eigenvalue weighted by atomic mass is 9.69. The van der Waals surface area contributed by atoms with Gasteiger partial charge in [0, 0.05) is 59.7 Å². The molecule has 1 aliphatic carbocycles. The van der Waals surface area contributed by atoms with E-state index in [1.807, 2.05) is 36.7 Å². The summed E-state index contributed by atoms with van der Waals surface area (Å²) in [5.74, 6) is -2.07. The van der Waals surface area contributed by atoms with E-state index in [1.54, 1.807) is 30.4 Å². The second-order valence-corrected chi connectivity index (χ2v) is 13.4. The number of carbonyl (C=O) groups excluding carboxylic acids is 3. The first-order valence-electron chi connectivity index (χ1n) is 14.4. The number of nitrogens with one attached hydrogen (secondary N) is 1. The van der Waals surface area contributed by atoms with E-state index in [4.69, 9.17) is 25.8 Å². The Hall–Kier alpha value is -3.61. The lowest BCUT2D eigenvalue weighted by Crippen LogP contribution is -2.53. The molecule has 2 N–H and O–H groups in total. The van der Waals surface area contributed by atoms with Gasteiger partial charge in [-0.05, 0) is 24.0 Å². The number of fused-ring (bicyclic) bond motifs is 2. The van der Waals surface area contributed by atoms with Crippen molar-refractivity contribution in [1.29, 1.82) is 0 Å². The van der Waals surface area contributed by atoms with E-state index in [2.05, 4.69) is 14.9 Å². The summed E-state index contributed by atoms with van der Waals surface area (Å²) in [6, 6.07) is 8.92. The van der Waals surface area contributed by atoms with Crippen molar-refractivity contribution in [2.24, 2.45) is 5.92 Å². The number of Topliss-reactive ketones (excluding diaryl/α,β-unsaturated/α-hetero) is 2. The maximum absolute atomic E-state index is 14.3. The minimum absolute atomic E-state index is 0.00807. The molecule has 10 nitrogen and oxygen atoms in total. The number of ketones is 2. The Bertz CT molecular complexity index is 1720. The number of allylic oxidation sites excluding steroid dienone is 1. The van der Waals surface area contributed by atoms with Gasteiger partial charge in [-0.1, -0.05) is 42.4 Å². The molecule has 1 amide bonds. The van der Waals surface area contributed by atoms with Crippen molar-refractivity contribution in [1.82, 2.24) is 14.9 Å². The van der Waals surface area contributed by atoms with Crippen molar-refractivity contribution in [2.45, 2.75) is 54.4 Å². The highest BCUT2D eigenvalue weighted by atomic mass is 35.5. The van der Waals surface area contributed by atoms with Crippen LogP contribution < -0.4 is 19.5 Å². The number of hydrogen-bond donors (Lipinski definition) is 2. The van der Waals surface area contributed by atoms with Gasteiger partial charge in [0.05, 0.1) is 26.5 Å². The zero-order valence-corrected chi connectivity index (χ0v) is 27.5. The third kappa shape index (κ3) is 5.26. The van der Waals surface area contributed by atoms with E-state index < -0.39 is 29.0 Å². The van der Waals surface area contributed by atoms with Crippen molar-refractivity contribution >= 4 is 52.6 Å². The molecule has 2 aromatic carbocycles. The maximum Gasteiger partial charge on any atom is 0.231 e. The van der Waals surface area contributed by atoms with Crippen LogP contribution in [-0.4, -0.2) is 64.0 Å². The highest BCUT2D eigenvalue weighted by Gasteiger charge is 2.61. The first kappa shape index (κ1) is 31.4. The molecule has 3 aromatic rings. The molecular formula is C32H32ClN3O7S2. The summed E-state index contributed by atoms with van der Waals surface area (Å²) in [4.78, 5) is 47.1. The number of imidazole rings is 1. The molecule has 236 valence electrons. The molecule has 2 aliphatic heterocycles. The molecule has 0 saturated carbocycles. The number of thioether (sulfide) groups is 2. The monoisotopic (exact) mass is 669 g/mol. The van der Waals surface area contributed by atoms with Crippen LogP contribution in [0.5, 0.6) is 17.2 Å². The van der Waals surface area contributed by atoms with Gasteiger partial charge in [-0.2, -0.15) is 0 Å². The molecule has 1 spiro atoms. The Morgan fingerprint density at radius 2 is 2.00 bits per heavy atom. The largest absolute Gasteiger partial charge is 0.507 e. The van der Waals surface area contributed by atoms with Crippen LogP contribution in [0.1, 0.15) is 47.3 Å². The molecule has 3 atom stereocenters. The van der Waals surface area contributed by atoms with Gasteiger partial charge in [-0.25, -0.2) is 4.98 Å². The molecule has 3 unspecified atom stereocenters. The van der Waals surface area contributed by atoms with Gasteiger partial charge in [-0.3, -0.25) is 14.4 Å². The number of aromatic nitrogens is 2. The molecule has 0 fully saturated rings. The Morgan fingerprint density at radius 1 is 1.27 bits per heavy atom. The van der Waals surface area contributed by atoms with E-state index in [0.717, 1.165) is 28.0 Å². The fraction of sp³-hybridized carbons (Fsp3) is 0.375. The van der Waals surface area contributed by atoms with E-state index in [9.17, 15) is 19.5 Å². The summed E-state index contributed by atoms with van der Waals surface area (Å²) in [5.41, 5.74) is -0.559. The van der Waals surface area contributed by atoms with Crippen LogP contribution >= 0.6 is 35.1 Å². The Kier molecular flexibility index (Phi) is 8.57. The number of aliphatic hydroxyl groups is 1. The predicted molar refractivity (Wildman–Crippen MR) is 171 cm³/mol. The van der Waals surface area contributed by atoms with Gasteiger partial charge in [-0.15, -0.1) is 11.8 Å². The van der Waals surface area contributed by atoms with Crippen molar-refractivity contribution in [3.05, 3.63) is 69.7 Å². The van der Waals surface area contributed by atoms with Crippen molar-refractivity contribution in [3.8, 4) is 17.2 Å². The number of halogens is 1. The number of nitrogens with zero attached hydrogens (tertiary/aromatic N) is 2. The van der Waals surface area contributed by atoms with Gasteiger partial charge < -0.3 is 29.2 Å². The van der Waals surface area contributed by atoms with Crippen molar-refractivity contribution in [3.63, 3.8) is 0 Å². The highest BCUT2D eigenvalue weighted by molar-refractivity contribution is 7.99. The molecule has 13 heteroatoms. The molecule has 1 aromatic heterocycles. The number of aryl methyl sites for hydroxylation is 1. The second kappa shape index (κ2) is 12.3. The first-order valence-corrected chi connectivity index (χ1v) is 17.0. The molecule has 3 heterocycles. The van der Waals surface area contributed by atoms with E-state index in [1.165, 1.54) is 20.3 Å². The SMILES string of the molecule is COc1cc(OC)c2c(c1Cl)OC1(C2=O)C(O)=C(C(CC(=O)NCc2cn3c(n2)SCC3)c2ccc(SC)cc2)C(=O)CC1C. The molecule has 3 aliphatic rings. The number of hydrogen-bond acceptors (Lipinski definition) is 10. The maximum atomic E-state index is 14.3. The summed E-state index contributed by atoms with van der Waals surface area (Å²) in [7, 11) is 2.83. The Labute approximate surface area is 273 Å². The van der Waals surface area contributed by atoms with Gasteiger partial charge in [0.15, 0.2) is 22.4 Å². The lowest BCUT2D eigenvalue weighted by Gasteiger charge is -2.38. The number of amides is 1. The zero-order valence-electron chi connectivity index (χ0n) is 25.1. The number of rotatable bonds is 9. The third-order valence-corrected chi connectivity index (χ3v) is 10.7. The molecule has 0 bridgehead atoms. The van der Waals surface area contributed by atoms with Crippen LogP contribution in [0.25, 0.3) is 0 Å². The molecule has 0 saturated heterocycles. The number of methoxy groups -OCH3 is 2. The topological polar surface area (TPSA) is 129 Å². The van der Waals surface area contributed by atoms with Crippen LogP contribution in [0, 0.1) is 5.92 Å². The summed E-state index contributed by atoms with van der Waals surface area (Å²) >= 11 is 9.81. The minimum Gasteiger partial charge on any atom is -0.507 e. The van der Waals surface area contributed by atoms with Gasteiger partial charge in [0.1, 0.15) is 22.1 Å². The van der Waals surface area contributed by atoms with Crippen LogP contribution in [-0.2, 0) is 22.7 Å². The third-order valence-electron chi connectivity index (χ3n) is 8.59. The smallest absolute Gasteiger partial charge is 0.231 e. The average Bonchev–Trinajstić information content (AvgIpc) is 3.72. The highest BCUT2D eigenvalue weighted by Crippen LogP contribution is 2.55. The fourth-order valence-corrected chi connectivity index (χ4v) is 7.89. The van der Waals surface area contributed by atoms with Crippen LogP contribution in [0.2, 0.25) is 5.02 Å². The van der Waals surface area contributed by atoms with Gasteiger partial charge >= 0.3 is 0 Å².